The molecular formula is C12H16BrNO. The molecule has 0 atom stereocenters. The van der Waals surface area contributed by atoms with Crippen LogP contribution in [-0.2, 0) is 5.54 Å². The Labute approximate surface area is 98.9 Å². The number of hydrogen-bond acceptors (Lipinski definition) is 2. The van der Waals surface area contributed by atoms with Gasteiger partial charge < -0.3 is 10.5 Å². The van der Waals surface area contributed by atoms with Crippen molar-refractivity contribution in [2.24, 2.45) is 5.73 Å². The van der Waals surface area contributed by atoms with Crippen LogP contribution in [0.3, 0.4) is 0 Å². The van der Waals surface area contributed by atoms with E-state index in [2.05, 4.69) is 35.8 Å². The maximum atomic E-state index is 6.26. The van der Waals surface area contributed by atoms with E-state index in [0.717, 1.165) is 23.1 Å². The molecule has 0 radical (unpaired) electrons. The fraction of sp³-hybridized carbons (Fsp3) is 0.500. The van der Waals surface area contributed by atoms with Gasteiger partial charge in [0.15, 0.2) is 0 Å². The Morgan fingerprint density at radius 1 is 1.40 bits per heavy atom. The van der Waals surface area contributed by atoms with Gasteiger partial charge in [0.25, 0.3) is 0 Å². The lowest BCUT2D eigenvalue weighted by Crippen LogP contribution is -2.21. The summed E-state index contributed by atoms with van der Waals surface area (Å²) < 4.78 is 6.58. The number of aryl methyl sites for hydroxylation is 1. The molecule has 2 nitrogen and oxygen atoms in total. The molecule has 1 aliphatic rings. The Kier molecular flexibility index (Phi) is 2.55. The van der Waals surface area contributed by atoms with Gasteiger partial charge in [-0.2, -0.15) is 0 Å². The minimum absolute atomic E-state index is 0.147. The van der Waals surface area contributed by atoms with Crippen molar-refractivity contribution in [2.75, 3.05) is 7.11 Å². The number of nitrogens with two attached hydrogens (primary N) is 1. The molecule has 1 aliphatic carbocycles. The third kappa shape index (κ3) is 1.68. The van der Waals surface area contributed by atoms with Gasteiger partial charge in [-0.15, -0.1) is 0 Å². The maximum absolute atomic E-state index is 6.26. The van der Waals surface area contributed by atoms with Crippen LogP contribution in [0.4, 0.5) is 0 Å². The highest BCUT2D eigenvalue weighted by Gasteiger charge is 2.43. The number of ether oxygens (including phenoxy) is 1. The van der Waals surface area contributed by atoms with Crippen LogP contribution >= 0.6 is 15.9 Å². The molecule has 1 fully saturated rings. The second-order valence-corrected chi connectivity index (χ2v) is 5.16. The zero-order valence-electron chi connectivity index (χ0n) is 9.36. The van der Waals surface area contributed by atoms with Crippen molar-refractivity contribution in [3.8, 4) is 5.75 Å². The van der Waals surface area contributed by atoms with Gasteiger partial charge in [-0.1, -0.05) is 15.9 Å². The highest BCUT2D eigenvalue weighted by molar-refractivity contribution is 9.10. The topological polar surface area (TPSA) is 35.2 Å². The summed E-state index contributed by atoms with van der Waals surface area (Å²) in [6.07, 6.45) is 2.11. The zero-order chi connectivity index (χ0) is 11.2. The maximum Gasteiger partial charge on any atom is 0.124 e. The Hall–Kier alpha value is -0.540. The minimum Gasteiger partial charge on any atom is -0.496 e. The average Bonchev–Trinajstić information content (AvgIpc) is 2.92. The van der Waals surface area contributed by atoms with Crippen LogP contribution in [0.25, 0.3) is 0 Å². The van der Waals surface area contributed by atoms with E-state index in [1.54, 1.807) is 7.11 Å². The largest absolute Gasteiger partial charge is 0.496 e. The van der Waals surface area contributed by atoms with Crippen molar-refractivity contribution in [1.29, 1.82) is 0 Å². The summed E-state index contributed by atoms with van der Waals surface area (Å²) in [6, 6.07) is 2.05. The summed E-state index contributed by atoms with van der Waals surface area (Å²) in [5.41, 5.74) is 9.69. The van der Waals surface area contributed by atoms with Crippen molar-refractivity contribution in [3.63, 3.8) is 0 Å². The molecule has 1 aromatic rings. The number of methoxy groups -OCH3 is 1. The third-order valence-electron chi connectivity index (χ3n) is 3.15. The molecule has 2 rings (SSSR count). The number of rotatable bonds is 2. The molecule has 3 heteroatoms. The Bertz CT molecular complexity index is 411. The van der Waals surface area contributed by atoms with E-state index in [1.165, 1.54) is 16.7 Å². The van der Waals surface area contributed by atoms with Crippen molar-refractivity contribution in [1.82, 2.24) is 0 Å². The number of hydrogen-bond donors (Lipinski definition) is 1. The lowest BCUT2D eigenvalue weighted by molar-refractivity contribution is 0.403. The van der Waals surface area contributed by atoms with Crippen LogP contribution in [0.1, 0.15) is 29.5 Å². The summed E-state index contributed by atoms with van der Waals surface area (Å²) in [5, 5.41) is 0. The summed E-state index contributed by atoms with van der Waals surface area (Å²) >= 11 is 3.60. The Balaban J connectivity index is 2.65. The first kappa shape index (κ1) is 11.0. The molecule has 0 bridgehead atoms. The van der Waals surface area contributed by atoms with Gasteiger partial charge in [0.1, 0.15) is 5.75 Å². The van der Waals surface area contributed by atoms with Gasteiger partial charge in [-0.25, -0.2) is 0 Å². The van der Waals surface area contributed by atoms with Gasteiger partial charge >= 0.3 is 0 Å². The van der Waals surface area contributed by atoms with Crippen molar-refractivity contribution in [3.05, 3.63) is 27.2 Å². The van der Waals surface area contributed by atoms with Crippen LogP contribution in [-0.4, -0.2) is 7.11 Å². The average molecular weight is 270 g/mol. The fourth-order valence-corrected chi connectivity index (χ4v) is 2.40. The molecule has 0 unspecified atom stereocenters. The van der Waals surface area contributed by atoms with Crippen LogP contribution < -0.4 is 10.5 Å². The van der Waals surface area contributed by atoms with E-state index in [4.69, 9.17) is 10.5 Å². The molecule has 2 N–H and O–H groups in total. The zero-order valence-corrected chi connectivity index (χ0v) is 10.9. The van der Waals surface area contributed by atoms with E-state index in [9.17, 15) is 0 Å². The Morgan fingerprint density at radius 2 is 2.00 bits per heavy atom. The highest BCUT2D eigenvalue weighted by Crippen LogP contribution is 2.49. The lowest BCUT2D eigenvalue weighted by Gasteiger charge is -2.19. The lowest BCUT2D eigenvalue weighted by atomic mass is 9.96. The summed E-state index contributed by atoms with van der Waals surface area (Å²) in [5.74, 6) is 0.924. The quantitative estimate of drug-likeness (QED) is 0.896. The smallest absolute Gasteiger partial charge is 0.124 e. The molecule has 0 amide bonds. The van der Waals surface area contributed by atoms with E-state index < -0.39 is 0 Å². The minimum atomic E-state index is -0.147. The van der Waals surface area contributed by atoms with Crippen molar-refractivity contribution < 1.29 is 4.74 Å². The summed E-state index contributed by atoms with van der Waals surface area (Å²) in [7, 11) is 1.71. The van der Waals surface area contributed by atoms with E-state index in [-0.39, 0.29) is 5.54 Å². The predicted octanol–water partition coefficient (Wildman–Crippen LogP) is 3.02. The van der Waals surface area contributed by atoms with Gasteiger partial charge in [-0.3, -0.25) is 0 Å². The first-order valence-corrected chi connectivity index (χ1v) is 5.92. The predicted molar refractivity (Wildman–Crippen MR) is 65.3 cm³/mol. The van der Waals surface area contributed by atoms with Crippen molar-refractivity contribution in [2.45, 2.75) is 32.2 Å². The van der Waals surface area contributed by atoms with E-state index in [1.807, 2.05) is 0 Å². The van der Waals surface area contributed by atoms with Gasteiger partial charge in [0.05, 0.1) is 7.11 Å². The first-order valence-electron chi connectivity index (χ1n) is 5.12. The van der Waals surface area contributed by atoms with Gasteiger partial charge in [-0.05, 0) is 43.9 Å². The highest BCUT2D eigenvalue weighted by atomic mass is 79.9. The van der Waals surface area contributed by atoms with E-state index >= 15 is 0 Å². The number of halogens is 1. The van der Waals surface area contributed by atoms with E-state index in [0.29, 0.717) is 0 Å². The molecule has 1 saturated carbocycles. The first-order chi connectivity index (χ1) is 6.99. The monoisotopic (exact) mass is 269 g/mol. The van der Waals surface area contributed by atoms with Crippen LogP contribution in [0.2, 0.25) is 0 Å². The van der Waals surface area contributed by atoms with Crippen LogP contribution in [0.15, 0.2) is 10.5 Å². The van der Waals surface area contributed by atoms with Crippen LogP contribution in [0, 0.1) is 13.8 Å². The normalized spacial score (nSPS) is 17.7. The number of benzene rings is 1. The molecular weight excluding hydrogens is 254 g/mol. The molecule has 0 spiro atoms. The Morgan fingerprint density at radius 3 is 2.47 bits per heavy atom. The molecule has 0 aliphatic heterocycles. The SMILES string of the molecule is COc1cc(C)c(Br)c(C)c1C1(N)CC1. The standard InChI is InChI=1S/C12H16BrNO/c1-7-6-9(15-3)10(8(2)11(7)13)12(14)4-5-12/h6H,4-5,14H2,1-3H3. The van der Waals surface area contributed by atoms with Gasteiger partial charge in [0.2, 0.25) is 0 Å². The molecule has 15 heavy (non-hydrogen) atoms. The second-order valence-electron chi connectivity index (χ2n) is 4.37. The molecule has 1 aromatic carbocycles. The van der Waals surface area contributed by atoms with Crippen molar-refractivity contribution >= 4 is 15.9 Å². The van der Waals surface area contributed by atoms with Crippen LogP contribution in [0.5, 0.6) is 5.75 Å². The second kappa shape index (κ2) is 3.49. The summed E-state index contributed by atoms with van der Waals surface area (Å²) in [4.78, 5) is 0. The molecule has 82 valence electrons. The fourth-order valence-electron chi connectivity index (χ4n) is 2.09. The summed E-state index contributed by atoms with van der Waals surface area (Å²) in [6.45, 7) is 4.17. The molecule has 0 heterocycles. The van der Waals surface area contributed by atoms with Gasteiger partial charge in [0, 0.05) is 15.6 Å². The molecule has 0 saturated heterocycles. The third-order valence-corrected chi connectivity index (χ3v) is 4.37. The molecule has 0 aromatic heterocycles.